The average molecular weight is 425 g/mol. The highest BCUT2D eigenvalue weighted by Crippen LogP contribution is 2.21. The van der Waals surface area contributed by atoms with Gasteiger partial charge in [-0.15, -0.1) is 0 Å². The SMILES string of the molecule is CCc1ccc(C(C)NC(=O)COC(=O)c2cc(S(N)(=O)=O)ccc2Cl)cc1. The molecule has 0 saturated heterocycles. The van der Waals surface area contributed by atoms with Crippen molar-refractivity contribution >= 4 is 33.5 Å². The summed E-state index contributed by atoms with van der Waals surface area (Å²) in [4.78, 5) is 23.9. The smallest absolute Gasteiger partial charge is 0.340 e. The van der Waals surface area contributed by atoms with E-state index < -0.39 is 28.5 Å². The highest BCUT2D eigenvalue weighted by molar-refractivity contribution is 7.89. The number of benzene rings is 2. The third kappa shape index (κ3) is 5.79. The van der Waals surface area contributed by atoms with Crippen LogP contribution in [0.15, 0.2) is 47.4 Å². The highest BCUT2D eigenvalue weighted by atomic mass is 35.5. The number of aryl methyl sites for hydroxylation is 1. The van der Waals surface area contributed by atoms with Gasteiger partial charge in [0.25, 0.3) is 5.91 Å². The van der Waals surface area contributed by atoms with E-state index in [9.17, 15) is 18.0 Å². The van der Waals surface area contributed by atoms with Crippen molar-refractivity contribution in [3.63, 3.8) is 0 Å². The van der Waals surface area contributed by atoms with Crippen LogP contribution < -0.4 is 10.5 Å². The lowest BCUT2D eigenvalue weighted by atomic mass is 10.1. The van der Waals surface area contributed by atoms with Crippen LogP contribution in [0.3, 0.4) is 0 Å². The molecule has 28 heavy (non-hydrogen) atoms. The summed E-state index contributed by atoms with van der Waals surface area (Å²) in [5.41, 5.74) is 1.92. The minimum absolute atomic E-state index is 0.0119. The van der Waals surface area contributed by atoms with Gasteiger partial charge in [0.2, 0.25) is 10.0 Å². The minimum atomic E-state index is -4.00. The van der Waals surface area contributed by atoms with Crippen molar-refractivity contribution in [2.75, 3.05) is 6.61 Å². The van der Waals surface area contributed by atoms with Gasteiger partial charge in [-0.1, -0.05) is 42.8 Å². The number of rotatable bonds is 7. The van der Waals surface area contributed by atoms with Crippen LogP contribution >= 0.6 is 11.6 Å². The summed E-state index contributed by atoms with van der Waals surface area (Å²) in [6, 6.07) is 11.0. The lowest BCUT2D eigenvalue weighted by Crippen LogP contribution is -2.31. The standard InChI is InChI=1S/C19H21ClN2O5S/c1-3-13-4-6-14(7-5-13)12(2)22-18(23)11-27-19(24)16-10-15(28(21,25)26)8-9-17(16)20/h4-10,12H,3,11H2,1-2H3,(H,22,23)(H2,21,25,26). The Morgan fingerprint density at radius 1 is 1.18 bits per heavy atom. The van der Waals surface area contributed by atoms with Crippen molar-refractivity contribution in [2.24, 2.45) is 5.14 Å². The molecule has 2 aromatic rings. The van der Waals surface area contributed by atoms with E-state index in [2.05, 4.69) is 12.2 Å². The normalized spacial score (nSPS) is 12.3. The van der Waals surface area contributed by atoms with E-state index in [1.165, 1.54) is 17.7 Å². The number of carbonyl (C=O) groups excluding carboxylic acids is 2. The van der Waals surface area contributed by atoms with Crippen LogP contribution in [0.4, 0.5) is 0 Å². The van der Waals surface area contributed by atoms with Crippen molar-refractivity contribution in [2.45, 2.75) is 31.2 Å². The molecule has 1 unspecified atom stereocenters. The number of primary sulfonamides is 1. The zero-order valence-corrected chi connectivity index (χ0v) is 17.0. The Morgan fingerprint density at radius 3 is 2.39 bits per heavy atom. The van der Waals surface area contributed by atoms with Crippen molar-refractivity contribution in [3.8, 4) is 0 Å². The molecule has 0 aromatic heterocycles. The molecule has 1 atom stereocenters. The molecule has 0 radical (unpaired) electrons. The predicted octanol–water partition coefficient (Wildman–Crippen LogP) is 2.58. The minimum Gasteiger partial charge on any atom is -0.452 e. The summed E-state index contributed by atoms with van der Waals surface area (Å²) in [6.07, 6.45) is 0.923. The van der Waals surface area contributed by atoms with E-state index in [0.717, 1.165) is 18.1 Å². The van der Waals surface area contributed by atoms with Gasteiger partial charge >= 0.3 is 5.97 Å². The van der Waals surface area contributed by atoms with Crippen LogP contribution in [-0.4, -0.2) is 26.9 Å². The molecular formula is C19H21ClN2O5S. The molecule has 0 aliphatic rings. The van der Waals surface area contributed by atoms with Crippen LogP contribution in [0, 0.1) is 0 Å². The van der Waals surface area contributed by atoms with Crippen LogP contribution in [-0.2, 0) is 26.0 Å². The quantitative estimate of drug-likeness (QED) is 0.662. The zero-order valence-electron chi connectivity index (χ0n) is 15.4. The van der Waals surface area contributed by atoms with Gasteiger partial charge in [0, 0.05) is 0 Å². The Kier molecular flexibility index (Phi) is 7.17. The van der Waals surface area contributed by atoms with E-state index in [0.29, 0.717) is 0 Å². The van der Waals surface area contributed by atoms with E-state index in [-0.39, 0.29) is 21.5 Å². The van der Waals surface area contributed by atoms with Gasteiger partial charge in [0.1, 0.15) is 0 Å². The summed E-state index contributed by atoms with van der Waals surface area (Å²) in [6.45, 7) is 3.33. The Labute approximate surface area is 168 Å². The number of nitrogens with one attached hydrogen (secondary N) is 1. The Hall–Kier alpha value is -2.42. The van der Waals surface area contributed by atoms with Gasteiger partial charge in [-0.3, -0.25) is 4.79 Å². The number of halogens is 1. The van der Waals surface area contributed by atoms with Gasteiger partial charge < -0.3 is 10.1 Å². The predicted molar refractivity (Wildman–Crippen MR) is 105 cm³/mol. The molecule has 0 bridgehead atoms. The van der Waals surface area contributed by atoms with Gasteiger partial charge in [-0.25, -0.2) is 18.4 Å². The molecule has 2 aromatic carbocycles. The summed E-state index contributed by atoms with van der Waals surface area (Å²) < 4.78 is 27.7. The number of sulfonamides is 1. The van der Waals surface area contributed by atoms with Gasteiger partial charge in [0.15, 0.2) is 6.61 Å². The zero-order chi connectivity index (χ0) is 20.9. The van der Waals surface area contributed by atoms with Gasteiger partial charge in [0.05, 0.1) is 21.5 Å². The van der Waals surface area contributed by atoms with E-state index >= 15 is 0 Å². The summed E-state index contributed by atoms with van der Waals surface area (Å²) in [7, 11) is -4.00. The first-order chi connectivity index (χ1) is 13.1. The number of hydrogen-bond acceptors (Lipinski definition) is 5. The Morgan fingerprint density at radius 2 is 1.82 bits per heavy atom. The molecule has 0 saturated carbocycles. The number of nitrogens with two attached hydrogens (primary N) is 1. The fraction of sp³-hybridized carbons (Fsp3) is 0.263. The van der Waals surface area contributed by atoms with Crippen molar-refractivity contribution in [1.29, 1.82) is 0 Å². The summed E-state index contributed by atoms with van der Waals surface area (Å²) in [5.74, 6) is -1.43. The maximum Gasteiger partial charge on any atom is 0.340 e. The Balaban J connectivity index is 1.97. The highest BCUT2D eigenvalue weighted by Gasteiger charge is 2.18. The summed E-state index contributed by atoms with van der Waals surface area (Å²) >= 11 is 5.91. The molecule has 0 aliphatic heterocycles. The van der Waals surface area contributed by atoms with Crippen LogP contribution in [0.2, 0.25) is 5.02 Å². The lowest BCUT2D eigenvalue weighted by Gasteiger charge is -2.15. The molecule has 1 amide bonds. The van der Waals surface area contributed by atoms with E-state index in [4.69, 9.17) is 21.5 Å². The first kappa shape index (κ1) is 21.9. The second-order valence-corrected chi connectivity index (χ2v) is 8.12. The number of carbonyl (C=O) groups is 2. The van der Waals surface area contributed by atoms with Crippen molar-refractivity contribution in [1.82, 2.24) is 5.32 Å². The summed E-state index contributed by atoms with van der Waals surface area (Å²) in [5, 5.41) is 7.75. The molecular weight excluding hydrogens is 404 g/mol. The molecule has 7 nitrogen and oxygen atoms in total. The van der Waals surface area contributed by atoms with Crippen molar-refractivity contribution < 1.29 is 22.7 Å². The number of hydrogen-bond donors (Lipinski definition) is 2. The molecule has 0 spiro atoms. The molecule has 3 N–H and O–H groups in total. The van der Waals surface area contributed by atoms with Crippen LogP contribution in [0.5, 0.6) is 0 Å². The third-order valence-electron chi connectivity index (χ3n) is 4.09. The maximum atomic E-state index is 12.2. The average Bonchev–Trinajstić information content (AvgIpc) is 2.65. The molecule has 0 heterocycles. The molecule has 2 rings (SSSR count). The van der Waals surface area contributed by atoms with Gasteiger partial charge in [-0.05, 0) is 42.7 Å². The molecule has 0 aliphatic carbocycles. The largest absolute Gasteiger partial charge is 0.452 e. The fourth-order valence-electron chi connectivity index (χ4n) is 2.46. The lowest BCUT2D eigenvalue weighted by molar-refractivity contribution is -0.124. The third-order valence-corrected chi connectivity index (χ3v) is 5.33. The second-order valence-electron chi connectivity index (χ2n) is 6.15. The first-order valence-corrected chi connectivity index (χ1v) is 10.4. The molecule has 9 heteroatoms. The first-order valence-electron chi connectivity index (χ1n) is 8.49. The Bertz CT molecular complexity index is 974. The van der Waals surface area contributed by atoms with Crippen molar-refractivity contribution in [3.05, 3.63) is 64.2 Å². The van der Waals surface area contributed by atoms with E-state index in [1.54, 1.807) is 0 Å². The number of esters is 1. The fourth-order valence-corrected chi connectivity index (χ4v) is 3.19. The number of amides is 1. The number of ether oxygens (including phenoxy) is 1. The molecule has 0 fully saturated rings. The molecule has 150 valence electrons. The van der Waals surface area contributed by atoms with Crippen LogP contribution in [0.1, 0.15) is 41.4 Å². The van der Waals surface area contributed by atoms with Crippen LogP contribution in [0.25, 0.3) is 0 Å². The monoisotopic (exact) mass is 424 g/mol. The van der Waals surface area contributed by atoms with Gasteiger partial charge in [-0.2, -0.15) is 0 Å². The maximum absolute atomic E-state index is 12.2. The topological polar surface area (TPSA) is 116 Å². The van der Waals surface area contributed by atoms with E-state index in [1.807, 2.05) is 31.2 Å². The second kappa shape index (κ2) is 9.18.